The summed E-state index contributed by atoms with van der Waals surface area (Å²) in [5.74, 6) is 0. The fourth-order valence-electron chi connectivity index (χ4n) is 3.23. The number of piperidine rings is 1. The summed E-state index contributed by atoms with van der Waals surface area (Å²) in [7, 11) is 0. The Morgan fingerprint density at radius 1 is 1.25 bits per heavy atom. The van der Waals surface area contributed by atoms with Crippen molar-refractivity contribution in [1.82, 2.24) is 10.2 Å². The average molecular weight is 274 g/mol. The van der Waals surface area contributed by atoms with Crippen LogP contribution in [0.15, 0.2) is 30.3 Å². The van der Waals surface area contributed by atoms with Gasteiger partial charge in [-0.15, -0.1) is 0 Å². The van der Waals surface area contributed by atoms with Gasteiger partial charge >= 0.3 is 0 Å². The molecular weight excluding hydrogens is 244 g/mol. The van der Waals surface area contributed by atoms with E-state index in [1.54, 1.807) is 0 Å². The van der Waals surface area contributed by atoms with E-state index in [0.29, 0.717) is 12.1 Å². The summed E-state index contributed by atoms with van der Waals surface area (Å²) in [5, 5.41) is 3.69. The highest BCUT2D eigenvalue weighted by molar-refractivity contribution is 5.15. The van der Waals surface area contributed by atoms with E-state index in [0.717, 1.165) is 6.42 Å². The predicted molar refractivity (Wildman–Crippen MR) is 87.1 cm³/mol. The van der Waals surface area contributed by atoms with Crippen molar-refractivity contribution in [3.05, 3.63) is 35.9 Å². The fourth-order valence-corrected chi connectivity index (χ4v) is 3.23. The third kappa shape index (κ3) is 4.92. The van der Waals surface area contributed by atoms with Gasteiger partial charge in [0, 0.05) is 18.6 Å². The summed E-state index contributed by atoms with van der Waals surface area (Å²) in [4.78, 5) is 2.68. The molecule has 1 saturated heterocycles. The molecule has 1 fully saturated rings. The van der Waals surface area contributed by atoms with Crippen LogP contribution in [0, 0.1) is 0 Å². The van der Waals surface area contributed by atoms with Crippen LogP contribution in [-0.2, 0) is 6.42 Å². The van der Waals surface area contributed by atoms with Crippen LogP contribution in [0.1, 0.15) is 45.1 Å². The zero-order valence-corrected chi connectivity index (χ0v) is 13.1. The van der Waals surface area contributed by atoms with Crippen LogP contribution in [0.25, 0.3) is 0 Å². The predicted octanol–water partition coefficient (Wildman–Crippen LogP) is 3.47. The molecule has 0 aliphatic carbocycles. The van der Waals surface area contributed by atoms with Crippen LogP contribution in [0.3, 0.4) is 0 Å². The SMILES string of the molecule is CCCN(CC1CCCCN1)C(C)Cc1ccccc1. The van der Waals surface area contributed by atoms with E-state index in [9.17, 15) is 0 Å². The van der Waals surface area contributed by atoms with Gasteiger partial charge in [0.15, 0.2) is 0 Å². The molecule has 1 aromatic rings. The number of benzene rings is 1. The molecular formula is C18H30N2. The van der Waals surface area contributed by atoms with Gasteiger partial charge in [0.05, 0.1) is 0 Å². The first-order valence-electron chi connectivity index (χ1n) is 8.31. The Morgan fingerprint density at radius 2 is 2.05 bits per heavy atom. The Bertz CT molecular complexity index is 357. The van der Waals surface area contributed by atoms with Gasteiger partial charge < -0.3 is 5.32 Å². The fraction of sp³-hybridized carbons (Fsp3) is 0.667. The summed E-state index contributed by atoms with van der Waals surface area (Å²) >= 11 is 0. The van der Waals surface area contributed by atoms with E-state index in [1.807, 2.05) is 0 Å². The number of nitrogens with zero attached hydrogens (tertiary/aromatic N) is 1. The minimum Gasteiger partial charge on any atom is -0.313 e. The van der Waals surface area contributed by atoms with Gasteiger partial charge in [-0.25, -0.2) is 0 Å². The Hall–Kier alpha value is -0.860. The normalized spacial score (nSPS) is 21.1. The molecule has 1 heterocycles. The van der Waals surface area contributed by atoms with Crippen molar-refractivity contribution in [1.29, 1.82) is 0 Å². The van der Waals surface area contributed by atoms with E-state index < -0.39 is 0 Å². The lowest BCUT2D eigenvalue weighted by Crippen LogP contribution is -2.47. The van der Waals surface area contributed by atoms with Crippen LogP contribution in [0.4, 0.5) is 0 Å². The average Bonchev–Trinajstić information content (AvgIpc) is 2.49. The summed E-state index contributed by atoms with van der Waals surface area (Å²) in [5.41, 5.74) is 1.46. The molecule has 2 nitrogen and oxygen atoms in total. The first-order valence-corrected chi connectivity index (χ1v) is 8.31. The molecule has 20 heavy (non-hydrogen) atoms. The molecule has 2 rings (SSSR count). The van der Waals surface area contributed by atoms with Gasteiger partial charge in [-0.2, -0.15) is 0 Å². The van der Waals surface area contributed by atoms with E-state index in [2.05, 4.69) is 54.4 Å². The molecule has 1 aromatic carbocycles. The van der Waals surface area contributed by atoms with E-state index >= 15 is 0 Å². The number of hydrogen-bond donors (Lipinski definition) is 1. The monoisotopic (exact) mass is 274 g/mol. The molecule has 1 aliphatic rings. The van der Waals surface area contributed by atoms with E-state index in [-0.39, 0.29) is 0 Å². The van der Waals surface area contributed by atoms with Crippen LogP contribution >= 0.6 is 0 Å². The lowest BCUT2D eigenvalue weighted by Gasteiger charge is -2.34. The Labute approximate surface area is 124 Å². The quantitative estimate of drug-likeness (QED) is 0.819. The maximum Gasteiger partial charge on any atom is 0.0195 e. The number of hydrogen-bond acceptors (Lipinski definition) is 2. The summed E-state index contributed by atoms with van der Waals surface area (Å²) < 4.78 is 0. The summed E-state index contributed by atoms with van der Waals surface area (Å²) in [6.45, 7) is 8.30. The Kier molecular flexibility index (Phi) is 6.55. The second-order valence-electron chi connectivity index (χ2n) is 6.18. The molecule has 0 bridgehead atoms. The lowest BCUT2D eigenvalue weighted by molar-refractivity contribution is 0.174. The van der Waals surface area contributed by atoms with Crippen molar-refractivity contribution in [2.24, 2.45) is 0 Å². The number of rotatable bonds is 7. The largest absolute Gasteiger partial charge is 0.313 e. The summed E-state index contributed by atoms with van der Waals surface area (Å²) in [6.07, 6.45) is 6.49. The standard InChI is InChI=1S/C18H30N2/c1-3-13-20(15-18-11-7-8-12-19-18)16(2)14-17-9-5-4-6-10-17/h4-6,9-10,16,18-19H,3,7-8,11-15H2,1-2H3. The molecule has 2 heteroatoms. The van der Waals surface area contributed by atoms with Gasteiger partial charge in [-0.3, -0.25) is 4.90 Å². The van der Waals surface area contributed by atoms with Crippen molar-refractivity contribution >= 4 is 0 Å². The molecule has 2 atom stereocenters. The van der Waals surface area contributed by atoms with Crippen molar-refractivity contribution in [2.45, 2.75) is 58.0 Å². The highest BCUT2D eigenvalue weighted by Crippen LogP contribution is 2.13. The molecule has 0 spiro atoms. The van der Waals surface area contributed by atoms with E-state index in [4.69, 9.17) is 0 Å². The molecule has 0 radical (unpaired) electrons. The van der Waals surface area contributed by atoms with Crippen LogP contribution in [0.5, 0.6) is 0 Å². The van der Waals surface area contributed by atoms with Crippen LogP contribution < -0.4 is 5.32 Å². The van der Waals surface area contributed by atoms with Crippen molar-refractivity contribution in [3.8, 4) is 0 Å². The van der Waals surface area contributed by atoms with Crippen LogP contribution in [0.2, 0.25) is 0 Å². The zero-order valence-electron chi connectivity index (χ0n) is 13.1. The second-order valence-corrected chi connectivity index (χ2v) is 6.18. The third-order valence-electron chi connectivity index (χ3n) is 4.38. The topological polar surface area (TPSA) is 15.3 Å². The minimum absolute atomic E-state index is 0.626. The van der Waals surface area contributed by atoms with Crippen LogP contribution in [-0.4, -0.2) is 36.6 Å². The zero-order chi connectivity index (χ0) is 14.2. The smallest absolute Gasteiger partial charge is 0.0195 e. The lowest BCUT2D eigenvalue weighted by atomic mass is 10.0. The molecule has 112 valence electrons. The number of nitrogens with one attached hydrogen (secondary N) is 1. The van der Waals surface area contributed by atoms with Gasteiger partial charge in [0.2, 0.25) is 0 Å². The third-order valence-corrected chi connectivity index (χ3v) is 4.38. The molecule has 1 aliphatic heterocycles. The molecule has 0 amide bonds. The Balaban J connectivity index is 1.89. The minimum atomic E-state index is 0.626. The molecule has 1 N–H and O–H groups in total. The van der Waals surface area contributed by atoms with Gasteiger partial charge in [0.1, 0.15) is 0 Å². The highest BCUT2D eigenvalue weighted by atomic mass is 15.2. The van der Waals surface area contributed by atoms with E-state index in [1.165, 1.54) is 50.9 Å². The first-order chi connectivity index (χ1) is 9.79. The Morgan fingerprint density at radius 3 is 2.70 bits per heavy atom. The summed E-state index contributed by atoms with van der Waals surface area (Å²) in [6, 6.07) is 12.2. The van der Waals surface area contributed by atoms with Crippen molar-refractivity contribution in [2.75, 3.05) is 19.6 Å². The maximum atomic E-state index is 3.69. The van der Waals surface area contributed by atoms with Crippen molar-refractivity contribution in [3.63, 3.8) is 0 Å². The van der Waals surface area contributed by atoms with Gasteiger partial charge in [-0.05, 0) is 51.3 Å². The molecule has 0 saturated carbocycles. The second kappa shape index (κ2) is 8.43. The van der Waals surface area contributed by atoms with Gasteiger partial charge in [-0.1, -0.05) is 43.7 Å². The highest BCUT2D eigenvalue weighted by Gasteiger charge is 2.20. The maximum absolute atomic E-state index is 3.69. The van der Waals surface area contributed by atoms with Gasteiger partial charge in [0.25, 0.3) is 0 Å². The first kappa shape index (κ1) is 15.5. The van der Waals surface area contributed by atoms with Crippen molar-refractivity contribution < 1.29 is 0 Å². The molecule has 2 unspecified atom stereocenters. The molecule has 0 aromatic heterocycles.